The number of hydrogen-bond acceptors (Lipinski definition) is 8. The molecule has 32 heavy (non-hydrogen) atoms. The summed E-state index contributed by atoms with van der Waals surface area (Å²) in [5.74, 6) is -0.0818. The van der Waals surface area contributed by atoms with Gasteiger partial charge in [0.2, 0.25) is 5.88 Å². The molecular formula is C22H19N5O5. The minimum Gasteiger partial charge on any atom is -0.494 e. The third-order valence-electron chi connectivity index (χ3n) is 4.70. The highest BCUT2D eigenvalue weighted by atomic mass is 16.6. The molecule has 162 valence electrons. The van der Waals surface area contributed by atoms with Gasteiger partial charge in [0.1, 0.15) is 23.1 Å². The molecule has 0 bridgehead atoms. The van der Waals surface area contributed by atoms with Crippen molar-refractivity contribution >= 4 is 17.6 Å². The van der Waals surface area contributed by atoms with Crippen molar-refractivity contribution in [1.29, 1.82) is 5.26 Å². The zero-order valence-corrected chi connectivity index (χ0v) is 17.3. The number of pyridine rings is 2. The van der Waals surface area contributed by atoms with E-state index in [1.165, 1.54) is 31.5 Å². The van der Waals surface area contributed by atoms with E-state index in [4.69, 9.17) is 4.74 Å². The van der Waals surface area contributed by atoms with Gasteiger partial charge in [0.05, 0.1) is 29.7 Å². The lowest BCUT2D eigenvalue weighted by atomic mass is 10.1. The summed E-state index contributed by atoms with van der Waals surface area (Å²) in [6.07, 6.45) is 4.31. The summed E-state index contributed by atoms with van der Waals surface area (Å²) >= 11 is 0. The average molecular weight is 433 g/mol. The van der Waals surface area contributed by atoms with Crippen LogP contribution in [0.25, 0.3) is 0 Å². The first-order valence-corrected chi connectivity index (χ1v) is 9.58. The minimum absolute atomic E-state index is 0.0164. The lowest BCUT2D eigenvalue weighted by Crippen LogP contribution is -2.26. The fraction of sp³-hybridized carbons (Fsp3) is 0.182. The number of aromatic nitrogens is 2. The molecule has 0 amide bonds. The quantitative estimate of drug-likeness (QED) is 0.342. The topological polar surface area (TPSA) is 144 Å². The van der Waals surface area contributed by atoms with E-state index in [0.717, 1.165) is 4.57 Å². The van der Waals surface area contributed by atoms with Crippen LogP contribution in [-0.4, -0.2) is 32.4 Å². The molecule has 1 N–H and O–H groups in total. The summed E-state index contributed by atoms with van der Waals surface area (Å²) in [6, 6.07) is 9.49. The van der Waals surface area contributed by atoms with Gasteiger partial charge in [0, 0.05) is 18.6 Å². The molecule has 10 nitrogen and oxygen atoms in total. The van der Waals surface area contributed by atoms with Crippen molar-refractivity contribution in [2.75, 3.05) is 6.61 Å². The Labute approximate surface area is 182 Å². The largest absolute Gasteiger partial charge is 0.494 e. The van der Waals surface area contributed by atoms with Gasteiger partial charge in [-0.2, -0.15) is 5.26 Å². The molecule has 3 aromatic rings. The Hall–Kier alpha value is -4.52. The summed E-state index contributed by atoms with van der Waals surface area (Å²) in [7, 11) is 0. The average Bonchev–Trinajstić information content (AvgIpc) is 2.78. The maximum absolute atomic E-state index is 12.7. The van der Waals surface area contributed by atoms with Crippen LogP contribution in [0, 0.1) is 28.4 Å². The lowest BCUT2D eigenvalue weighted by Gasteiger charge is -2.14. The van der Waals surface area contributed by atoms with Crippen molar-refractivity contribution in [2.45, 2.75) is 20.4 Å². The van der Waals surface area contributed by atoms with Crippen LogP contribution in [0.2, 0.25) is 0 Å². The van der Waals surface area contributed by atoms with E-state index < -0.39 is 16.4 Å². The molecule has 0 aliphatic carbocycles. The number of benzene rings is 1. The number of rotatable bonds is 7. The first-order valence-electron chi connectivity index (χ1n) is 9.58. The third kappa shape index (κ3) is 4.46. The molecule has 2 aromatic heterocycles. The van der Waals surface area contributed by atoms with Gasteiger partial charge in [-0.1, -0.05) is 6.07 Å². The van der Waals surface area contributed by atoms with Crippen LogP contribution >= 0.6 is 0 Å². The van der Waals surface area contributed by atoms with Gasteiger partial charge in [0.25, 0.3) is 11.2 Å². The van der Waals surface area contributed by atoms with Crippen LogP contribution in [0.4, 0.5) is 11.4 Å². The zero-order chi connectivity index (χ0) is 23.3. The van der Waals surface area contributed by atoms with E-state index in [1.54, 1.807) is 31.3 Å². The number of nitro benzene ring substituents is 1. The van der Waals surface area contributed by atoms with Gasteiger partial charge in [-0.05, 0) is 43.2 Å². The number of nitrogens with zero attached hydrogens (tertiary/aromatic N) is 5. The second-order valence-electron chi connectivity index (χ2n) is 6.70. The van der Waals surface area contributed by atoms with Crippen LogP contribution in [0.3, 0.4) is 0 Å². The standard InChI is InChI=1S/C22H19N5O5/c1-3-32-16-6-7-19(20(9-16)27(30)31)25-12-18-14(2)17(10-23)21(28)26(22(18)29)13-15-5-4-8-24-11-15/h4-9,11-12,29H,3,13H2,1-2H3. The van der Waals surface area contributed by atoms with Crippen LogP contribution in [0.1, 0.15) is 29.2 Å². The second kappa shape index (κ2) is 9.53. The number of hydrogen-bond donors (Lipinski definition) is 1. The molecule has 0 radical (unpaired) electrons. The van der Waals surface area contributed by atoms with Crippen molar-refractivity contribution in [3.05, 3.63) is 85.4 Å². The van der Waals surface area contributed by atoms with Gasteiger partial charge in [-0.15, -0.1) is 0 Å². The maximum Gasteiger partial charge on any atom is 0.298 e. The first kappa shape index (κ1) is 22.2. The Kier molecular flexibility index (Phi) is 6.60. The van der Waals surface area contributed by atoms with Crippen LogP contribution in [0.15, 0.2) is 52.5 Å². The van der Waals surface area contributed by atoms with Crippen LogP contribution in [-0.2, 0) is 6.54 Å². The molecule has 3 rings (SSSR count). The van der Waals surface area contributed by atoms with Crippen LogP contribution in [0.5, 0.6) is 11.6 Å². The smallest absolute Gasteiger partial charge is 0.298 e. The molecular weight excluding hydrogens is 414 g/mol. The third-order valence-corrected chi connectivity index (χ3v) is 4.70. The summed E-state index contributed by atoms with van der Waals surface area (Å²) in [5, 5.41) is 31.7. The second-order valence-corrected chi connectivity index (χ2v) is 6.70. The van der Waals surface area contributed by atoms with Crippen LogP contribution < -0.4 is 10.3 Å². The Morgan fingerprint density at radius 3 is 2.81 bits per heavy atom. The Morgan fingerprint density at radius 1 is 1.41 bits per heavy atom. The van der Waals surface area contributed by atoms with E-state index >= 15 is 0 Å². The zero-order valence-electron chi connectivity index (χ0n) is 17.3. The highest BCUT2D eigenvalue weighted by Gasteiger charge is 2.19. The molecule has 0 unspecified atom stereocenters. The predicted molar refractivity (Wildman–Crippen MR) is 117 cm³/mol. The number of nitriles is 1. The fourth-order valence-corrected chi connectivity index (χ4v) is 3.10. The fourth-order valence-electron chi connectivity index (χ4n) is 3.10. The lowest BCUT2D eigenvalue weighted by molar-refractivity contribution is -0.384. The summed E-state index contributed by atoms with van der Waals surface area (Å²) in [6.45, 7) is 3.60. The van der Waals surface area contributed by atoms with Gasteiger partial charge in [-0.3, -0.25) is 24.5 Å². The Morgan fingerprint density at radius 2 is 2.19 bits per heavy atom. The highest BCUT2D eigenvalue weighted by Crippen LogP contribution is 2.32. The molecule has 0 fully saturated rings. The van der Waals surface area contributed by atoms with Gasteiger partial charge in [0.15, 0.2) is 0 Å². The van der Waals surface area contributed by atoms with Crippen molar-refractivity contribution in [1.82, 2.24) is 9.55 Å². The number of aromatic hydroxyl groups is 1. The normalized spacial score (nSPS) is 10.8. The molecule has 0 saturated heterocycles. The number of nitro groups is 1. The number of aliphatic imine (C=N–C) groups is 1. The summed E-state index contributed by atoms with van der Waals surface area (Å²) in [5.41, 5.74) is -0.107. The van der Waals surface area contributed by atoms with E-state index in [-0.39, 0.29) is 34.6 Å². The maximum atomic E-state index is 12.7. The minimum atomic E-state index is -0.657. The van der Waals surface area contributed by atoms with Crippen molar-refractivity contribution in [3.63, 3.8) is 0 Å². The molecule has 10 heteroatoms. The molecule has 0 aliphatic rings. The van der Waals surface area contributed by atoms with E-state index in [2.05, 4.69) is 9.98 Å². The van der Waals surface area contributed by atoms with Gasteiger partial charge >= 0.3 is 0 Å². The highest BCUT2D eigenvalue weighted by molar-refractivity contribution is 5.88. The molecule has 0 atom stereocenters. The van der Waals surface area contributed by atoms with E-state index in [9.17, 15) is 25.3 Å². The van der Waals surface area contributed by atoms with Crippen molar-refractivity contribution in [2.24, 2.45) is 4.99 Å². The van der Waals surface area contributed by atoms with Gasteiger partial charge < -0.3 is 9.84 Å². The number of ether oxygens (including phenoxy) is 1. The molecule has 2 heterocycles. The summed E-state index contributed by atoms with van der Waals surface area (Å²) in [4.78, 5) is 31.7. The van der Waals surface area contributed by atoms with E-state index in [1.807, 2.05) is 6.07 Å². The molecule has 0 saturated carbocycles. The Balaban J connectivity index is 2.11. The molecule has 1 aromatic carbocycles. The monoisotopic (exact) mass is 433 g/mol. The molecule has 0 aliphatic heterocycles. The van der Waals surface area contributed by atoms with Crippen molar-refractivity contribution in [3.8, 4) is 17.7 Å². The van der Waals surface area contributed by atoms with Gasteiger partial charge in [-0.25, -0.2) is 4.99 Å². The van der Waals surface area contributed by atoms with E-state index in [0.29, 0.717) is 17.9 Å². The Bertz CT molecular complexity index is 1290. The van der Waals surface area contributed by atoms with Crippen molar-refractivity contribution < 1.29 is 14.8 Å². The first-order chi connectivity index (χ1) is 15.4. The summed E-state index contributed by atoms with van der Waals surface area (Å²) < 4.78 is 6.33. The SMILES string of the molecule is CCOc1ccc(N=Cc2c(C)c(C#N)c(=O)n(Cc3cccnc3)c2O)c([N+](=O)[O-])c1. The molecule has 0 spiro atoms. The predicted octanol–water partition coefficient (Wildman–Crippen LogP) is 3.23.